The van der Waals surface area contributed by atoms with E-state index in [1.54, 1.807) is 16.8 Å². The second-order valence-electron chi connectivity index (χ2n) is 11.1. The van der Waals surface area contributed by atoms with Gasteiger partial charge in [-0.15, -0.1) is 0 Å². The lowest BCUT2D eigenvalue weighted by Crippen LogP contribution is -2.43. The summed E-state index contributed by atoms with van der Waals surface area (Å²) in [6, 6.07) is 29.8. The lowest BCUT2D eigenvalue weighted by Gasteiger charge is -2.38. The number of hydrogen-bond acceptors (Lipinski definition) is 4. The Kier molecular flexibility index (Phi) is 7.20. The van der Waals surface area contributed by atoms with E-state index in [0.29, 0.717) is 5.82 Å². The number of aliphatic hydroxyl groups excluding tert-OH is 1. The van der Waals surface area contributed by atoms with Crippen LogP contribution in [0.1, 0.15) is 60.8 Å². The van der Waals surface area contributed by atoms with E-state index in [9.17, 15) is 9.50 Å². The molecule has 0 saturated heterocycles. The molecule has 5 nitrogen and oxygen atoms in total. The Balaban J connectivity index is 1.41. The van der Waals surface area contributed by atoms with Crippen LogP contribution in [0.3, 0.4) is 0 Å². The molecular weight excluding hydrogens is 511 g/mol. The van der Waals surface area contributed by atoms with Gasteiger partial charge in [0.05, 0.1) is 12.1 Å². The van der Waals surface area contributed by atoms with Crippen molar-refractivity contribution in [2.24, 2.45) is 5.73 Å². The normalized spacial score (nSPS) is 15.6. The molecule has 41 heavy (non-hydrogen) atoms. The molecule has 0 spiro atoms. The Hall–Kier alpha value is -4.26. The fourth-order valence-electron chi connectivity index (χ4n) is 5.93. The highest BCUT2D eigenvalue weighted by Gasteiger charge is 2.34. The first-order valence-electron chi connectivity index (χ1n) is 14.2. The van der Waals surface area contributed by atoms with Crippen molar-refractivity contribution in [3.8, 4) is 11.1 Å². The molecule has 0 radical (unpaired) electrons. The highest BCUT2D eigenvalue weighted by atomic mass is 19.1. The third-order valence-electron chi connectivity index (χ3n) is 8.57. The van der Waals surface area contributed by atoms with E-state index in [1.807, 2.05) is 42.6 Å². The molecule has 1 saturated carbocycles. The lowest BCUT2D eigenvalue weighted by molar-refractivity contribution is 0.253. The summed E-state index contributed by atoms with van der Waals surface area (Å²) in [7, 11) is 0. The number of nitrogens with zero attached hydrogens (tertiary/aromatic N) is 2. The molecule has 1 heterocycles. The summed E-state index contributed by atoms with van der Waals surface area (Å²) in [5, 5.41) is 15.2. The van der Waals surface area contributed by atoms with Gasteiger partial charge in [0.1, 0.15) is 11.6 Å². The zero-order valence-corrected chi connectivity index (χ0v) is 23.2. The van der Waals surface area contributed by atoms with Crippen LogP contribution in [0.25, 0.3) is 33.8 Å². The van der Waals surface area contributed by atoms with Crippen molar-refractivity contribution in [3.05, 3.63) is 119 Å². The van der Waals surface area contributed by atoms with E-state index < -0.39 is 5.82 Å². The first-order valence-corrected chi connectivity index (χ1v) is 14.2. The van der Waals surface area contributed by atoms with Crippen molar-refractivity contribution < 1.29 is 9.50 Å². The van der Waals surface area contributed by atoms with Crippen molar-refractivity contribution in [3.63, 3.8) is 0 Å². The number of aliphatic hydroxyl groups is 1. The molecule has 0 bridgehead atoms. The molecule has 1 aliphatic carbocycles. The number of anilines is 1. The van der Waals surface area contributed by atoms with Gasteiger partial charge in [-0.2, -0.15) is 5.10 Å². The Bertz CT molecular complexity index is 1720. The van der Waals surface area contributed by atoms with Gasteiger partial charge in [-0.05, 0) is 83.3 Å². The number of halogens is 1. The summed E-state index contributed by atoms with van der Waals surface area (Å²) in [6.45, 7) is 1.84. The first kappa shape index (κ1) is 26.9. The number of nitrogen functional groups attached to an aromatic ring is 1. The quantitative estimate of drug-likeness (QED) is 0.189. The van der Waals surface area contributed by atoms with Crippen LogP contribution in [0.2, 0.25) is 0 Å². The predicted molar refractivity (Wildman–Crippen MR) is 165 cm³/mol. The van der Waals surface area contributed by atoms with Crippen LogP contribution in [-0.4, -0.2) is 14.9 Å². The molecule has 208 valence electrons. The molecule has 1 unspecified atom stereocenters. The topological polar surface area (TPSA) is 90.1 Å². The van der Waals surface area contributed by atoms with E-state index in [4.69, 9.17) is 16.6 Å². The van der Waals surface area contributed by atoms with E-state index in [2.05, 4.69) is 43.3 Å². The van der Waals surface area contributed by atoms with Crippen LogP contribution < -0.4 is 11.5 Å². The number of benzene rings is 4. The summed E-state index contributed by atoms with van der Waals surface area (Å²) >= 11 is 0. The minimum absolute atomic E-state index is 0.125. The largest absolute Gasteiger partial charge is 0.392 e. The fraction of sp³-hybridized carbons (Fsp3) is 0.229. The number of fused-ring (bicyclic) bond motifs is 1. The predicted octanol–water partition coefficient (Wildman–Crippen LogP) is 7.45. The highest BCUT2D eigenvalue weighted by molar-refractivity contribution is 5.94. The minimum atomic E-state index is -0.421. The molecule has 5 N–H and O–H groups in total. The van der Waals surface area contributed by atoms with Gasteiger partial charge in [0, 0.05) is 28.6 Å². The van der Waals surface area contributed by atoms with Gasteiger partial charge < -0.3 is 16.6 Å². The number of hydrogen-bond donors (Lipinski definition) is 3. The SMILES string of the molecule is CCC(/C(=C\n1nc2cc(-c3ccc(F)c(CO)c3)ccc2c1N)c1ccccc1)c1ccc(C2(N)CCC2)cc1. The Morgan fingerprint density at radius 2 is 1.71 bits per heavy atom. The maximum atomic E-state index is 14.0. The standard InChI is InChI=1S/C35H35FN4O/c1-2-29(24-9-13-28(14-10-24)35(38)17-6-18-35)31(23-7-4-3-5-8-23)21-40-34(37)30-15-11-26(20-33(30)39-40)25-12-16-32(36)27(19-25)22-41/h3-5,7-16,19-21,29,41H,2,6,17-18,22,37-38H2,1H3/b31-21-. The van der Waals surface area contributed by atoms with E-state index >= 15 is 0 Å². The first-order chi connectivity index (χ1) is 19.9. The van der Waals surface area contributed by atoms with Gasteiger partial charge in [-0.25, -0.2) is 9.07 Å². The third kappa shape index (κ3) is 5.05. The average molecular weight is 547 g/mol. The Morgan fingerprint density at radius 3 is 2.37 bits per heavy atom. The monoisotopic (exact) mass is 546 g/mol. The number of allylic oxidation sites excluding steroid dienone is 1. The molecule has 6 heteroatoms. The molecule has 1 atom stereocenters. The Morgan fingerprint density at radius 1 is 1.00 bits per heavy atom. The molecule has 5 aromatic rings. The summed E-state index contributed by atoms with van der Waals surface area (Å²) < 4.78 is 15.7. The van der Waals surface area contributed by atoms with Crippen LogP contribution in [0.15, 0.2) is 91.0 Å². The zero-order chi connectivity index (χ0) is 28.6. The average Bonchev–Trinajstić information content (AvgIpc) is 3.30. The molecule has 1 fully saturated rings. The summed E-state index contributed by atoms with van der Waals surface area (Å²) in [6.07, 6.45) is 6.21. The summed E-state index contributed by atoms with van der Waals surface area (Å²) in [4.78, 5) is 0. The maximum absolute atomic E-state index is 14.0. The summed E-state index contributed by atoms with van der Waals surface area (Å²) in [5.41, 5.74) is 20.4. The molecule has 1 aliphatic rings. The maximum Gasteiger partial charge on any atom is 0.134 e. The van der Waals surface area contributed by atoms with Gasteiger partial charge >= 0.3 is 0 Å². The van der Waals surface area contributed by atoms with Gasteiger partial charge in [-0.1, -0.05) is 73.7 Å². The number of nitrogens with two attached hydrogens (primary N) is 2. The highest BCUT2D eigenvalue weighted by Crippen LogP contribution is 2.41. The van der Waals surface area contributed by atoms with Gasteiger partial charge in [0.25, 0.3) is 0 Å². The second-order valence-corrected chi connectivity index (χ2v) is 11.1. The molecule has 4 aromatic carbocycles. The number of aromatic nitrogens is 2. The molecule has 0 aliphatic heterocycles. The summed E-state index contributed by atoms with van der Waals surface area (Å²) in [5.74, 6) is 0.255. The van der Waals surface area contributed by atoms with Crippen molar-refractivity contribution in [1.82, 2.24) is 9.78 Å². The second kappa shape index (κ2) is 11.0. The van der Waals surface area contributed by atoms with Crippen LogP contribution >= 0.6 is 0 Å². The van der Waals surface area contributed by atoms with E-state index in [-0.39, 0.29) is 23.6 Å². The third-order valence-corrected chi connectivity index (χ3v) is 8.57. The van der Waals surface area contributed by atoms with Gasteiger partial charge in [0.2, 0.25) is 0 Å². The smallest absolute Gasteiger partial charge is 0.134 e. The molecule has 6 rings (SSSR count). The van der Waals surface area contributed by atoms with Gasteiger partial charge in [-0.3, -0.25) is 0 Å². The van der Waals surface area contributed by atoms with Crippen LogP contribution in [0.5, 0.6) is 0 Å². The van der Waals surface area contributed by atoms with Crippen LogP contribution in [0, 0.1) is 5.82 Å². The van der Waals surface area contributed by atoms with Gasteiger partial charge in [0.15, 0.2) is 0 Å². The van der Waals surface area contributed by atoms with Crippen LogP contribution in [0.4, 0.5) is 10.2 Å². The number of rotatable bonds is 8. The lowest BCUT2D eigenvalue weighted by atomic mass is 9.72. The van der Waals surface area contributed by atoms with Crippen LogP contribution in [-0.2, 0) is 12.1 Å². The zero-order valence-electron chi connectivity index (χ0n) is 23.2. The van der Waals surface area contributed by atoms with Crippen molar-refractivity contribution in [2.75, 3.05) is 5.73 Å². The molecular formula is C35H35FN4O. The minimum Gasteiger partial charge on any atom is -0.392 e. The van der Waals surface area contributed by atoms with Crippen molar-refractivity contribution in [1.29, 1.82) is 0 Å². The molecule has 0 amide bonds. The van der Waals surface area contributed by atoms with E-state index in [1.165, 1.54) is 23.6 Å². The van der Waals surface area contributed by atoms with E-state index in [0.717, 1.165) is 52.4 Å². The van der Waals surface area contributed by atoms with Crippen molar-refractivity contribution in [2.45, 2.75) is 50.7 Å². The fourth-order valence-corrected chi connectivity index (χ4v) is 5.93. The Labute approximate surface area is 239 Å². The van der Waals surface area contributed by atoms with Crippen molar-refractivity contribution >= 4 is 28.5 Å². The molecule has 1 aromatic heterocycles.